The van der Waals surface area contributed by atoms with Crippen molar-refractivity contribution in [3.8, 4) is 0 Å². The maximum Gasteiger partial charge on any atom is 0.261 e. The highest BCUT2D eigenvalue weighted by atomic mass is 32.2. The van der Waals surface area contributed by atoms with E-state index in [0.717, 1.165) is 74.7 Å². The Bertz CT molecular complexity index is 920. The predicted octanol–water partition coefficient (Wildman–Crippen LogP) is 13.5. The molecule has 0 amide bonds. The van der Waals surface area contributed by atoms with Gasteiger partial charge in [-0.05, 0) is 38.5 Å². The third-order valence-corrected chi connectivity index (χ3v) is 13.3. The van der Waals surface area contributed by atoms with Gasteiger partial charge in [-0.1, -0.05) is 206 Å². The summed E-state index contributed by atoms with van der Waals surface area (Å²) >= 11 is 0. The lowest BCUT2D eigenvalue weighted by Gasteiger charge is -2.35. The number of aliphatic hydroxyl groups is 2. The summed E-state index contributed by atoms with van der Waals surface area (Å²) < 4.78 is 39.8. The smallest absolute Gasteiger partial charge is 0.261 e. The first-order valence-electron chi connectivity index (χ1n) is 27.4. The Morgan fingerprint density at radius 1 is 0.333 bits per heavy atom. The Morgan fingerprint density at radius 2 is 0.540 bits per heavy atom. The van der Waals surface area contributed by atoms with E-state index in [4.69, 9.17) is 14.0 Å². The van der Waals surface area contributed by atoms with Crippen molar-refractivity contribution in [1.29, 1.82) is 0 Å². The monoisotopic (exact) mass is 923 g/mol. The van der Waals surface area contributed by atoms with E-state index >= 15 is 0 Å². The molecule has 382 valence electrons. The van der Waals surface area contributed by atoms with Crippen molar-refractivity contribution in [2.75, 3.05) is 99.3 Å². The molecular weight excluding hydrogens is 809 g/mol. The fourth-order valence-electron chi connectivity index (χ4n) is 8.77. The van der Waals surface area contributed by atoms with E-state index in [1.807, 2.05) is 0 Å². The molecule has 0 aromatic heterocycles. The van der Waals surface area contributed by atoms with Gasteiger partial charge in [0, 0.05) is 13.2 Å². The molecule has 0 aliphatic rings. The van der Waals surface area contributed by atoms with Crippen molar-refractivity contribution in [2.45, 2.75) is 245 Å². The molecule has 0 radical (unpaired) electrons. The van der Waals surface area contributed by atoms with E-state index in [9.17, 15) is 18.6 Å². The van der Waals surface area contributed by atoms with Crippen molar-refractivity contribution in [2.24, 2.45) is 0 Å². The second-order valence-electron chi connectivity index (χ2n) is 20.0. The SMILES string of the molecule is CCCCCCCCCCCCCCCCCCOCC[N+](C)(CCO)CCCCCC[N+](C)(CCO)CCOCCCCCCCCCCCCCCCCCC.CS(=O)(=O)O. The summed E-state index contributed by atoms with van der Waals surface area (Å²) in [6.45, 7) is 14.3. The summed E-state index contributed by atoms with van der Waals surface area (Å²) in [7, 11) is 0.923. The molecule has 0 saturated heterocycles. The van der Waals surface area contributed by atoms with Gasteiger partial charge in [0.15, 0.2) is 0 Å². The van der Waals surface area contributed by atoms with Crippen LogP contribution in [0.1, 0.15) is 245 Å². The highest BCUT2D eigenvalue weighted by molar-refractivity contribution is 7.85. The molecule has 9 nitrogen and oxygen atoms in total. The minimum Gasteiger partial charge on any atom is -0.391 e. The maximum absolute atomic E-state index is 9.78. The molecular formula is C53H114N2O7S+2. The summed E-state index contributed by atoms with van der Waals surface area (Å²) in [5, 5.41) is 19.6. The van der Waals surface area contributed by atoms with Crippen LogP contribution in [-0.4, -0.2) is 131 Å². The highest BCUT2D eigenvalue weighted by Crippen LogP contribution is 2.16. The molecule has 0 aromatic rings. The van der Waals surface area contributed by atoms with Crippen molar-refractivity contribution in [3.05, 3.63) is 0 Å². The van der Waals surface area contributed by atoms with Gasteiger partial charge in [-0.15, -0.1) is 0 Å². The molecule has 0 heterocycles. The lowest BCUT2D eigenvalue weighted by atomic mass is 10.0. The number of hydrogen-bond donors (Lipinski definition) is 3. The second-order valence-corrected chi connectivity index (χ2v) is 21.5. The van der Waals surface area contributed by atoms with Gasteiger partial charge in [-0.25, -0.2) is 0 Å². The maximum atomic E-state index is 9.78. The quantitative estimate of drug-likeness (QED) is 0.0316. The van der Waals surface area contributed by atoms with Gasteiger partial charge >= 0.3 is 0 Å². The van der Waals surface area contributed by atoms with E-state index in [1.165, 1.54) is 231 Å². The van der Waals surface area contributed by atoms with Gasteiger partial charge in [-0.3, -0.25) is 4.55 Å². The highest BCUT2D eigenvalue weighted by Gasteiger charge is 2.22. The van der Waals surface area contributed by atoms with Gasteiger partial charge < -0.3 is 28.7 Å². The van der Waals surface area contributed by atoms with Gasteiger partial charge in [0.25, 0.3) is 10.1 Å². The predicted molar refractivity (Wildman–Crippen MR) is 272 cm³/mol. The first kappa shape index (κ1) is 64.8. The Morgan fingerprint density at radius 3 is 0.762 bits per heavy atom. The minimum atomic E-state index is -3.67. The van der Waals surface area contributed by atoms with E-state index in [0.29, 0.717) is 6.26 Å². The first-order chi connectivity index (χ1) is 30.4. The zero-order valence-corrected chi connectivity index (χ0v) is 44.0. The van der Waals surface area contributed by atoms with Crippen molar-refractivity contribution in [1.82, 2.24) is 0 Å². The van der Waals surface area contributed by atoms with Crippen LogP contribution in [0.2, 0.25) is 0 Å². The summed E-state index contributed by atoms with van der Waals surface area (Å²) in [6, 6.07) is 0. The molecule has 0 fully saturated rings. The van der Waals surface area contributed by atoms with E-state index in [1.54, 1.807) is 0 Å². The number of nitrogens with zero attached hydrogens (tertiary/aromatic N) is 2. The van der Waals surface area contributed by atoms with Gasteiger partial charge in [0.05, 0.1) is 59.9 Å². The zero-order chi connectivity index (χ0) is 46.9. The minimum absolute atomic E-state index is 0.244. The molecule has 0 spiro atoms. The van der Waals surface area contributed by atoms with Crippen LogP contribution in [0.5, 0.6) is 0 Å². The Hall–Kier alpha value is -0.330. The summed E-state index contributed by atoms with van der Waals surface area (Å²) in [5.41, 5.74) is 0. The number of likely N-dealkylation sites (N-methyl/N-ethyl adjacent to an activating group) is 2. The third-order valence-electron chi connectivity index (χ3n) is 13.3. The molecule has 63 heavy (non-hydrogen) atoms. The number of unbranched alkanes of at least 4 members (excludes halogenated alkanes) is 33. The molecule has 0 bridgehead atoms. The summed E-state index contributed by atoms with van der Waals surface area (Å²) in [6.07, 6.45) is 50.3. The molecule has 0 aliphatic heterocycles. The second kappa shape index (κ2) is 49.6. The lowest BCUT2D eigenvalue weighted by molar-refractivity contribution is -0.911. The standard InChI is InChI=1S/C52H110N2O4.CH4O3S/c1-5-7-9-11-13-15-17-19-21-23-25-27-29-31-35-39-49-57-51-45-53(3,43-47-55)41-37-33-34-38-42-54(4,44-48-56)46-52-58-50-40-36-32-30-28-26-24-22-20-18-16-14-12-10-8-6-2;1-5(2,3)4/h55-56H,5-52H2,1-4H3;1H3,(H,2,3,4)/q+2;. The number of hydrogen-bond acceptors (Lipinski definition) is 6. The van der Waals surface area contributed by atoms with E-state index in [-0.39, 0.29) is 13.2 Å². The molecule has 3 N–H and O–H groups in total. The molecule has 0 aliphatic carbocycles. The van der Waals surface area contributed by atoms with Crippen molar-refractivity contribution >= 4 is 10.1 Å². The van der Waals surface area contributed by atoms with Crippen LogP contribution in [0.25, 0.3) is 0 Å². The van der Waals surface area contributed by atoms with Gasteiger partial charge in [0.1, 0.15) is 26.2 Å². The normalized spacial score (nSPS) is 13.8. The van der Waals surface area contributed by atoms with Crippen LogP contribution < -0.4 is 0 Å². The summed E-state index contributed by atoms with van der Waals surface area (Å²) in [5.74, 6) is 0. The number of quaternary nitrogens is 2. The molecule has 0 rings (SSSR count). The largest absolute Gasteiger partial charge is 0.391 e. The molecule has 10 heteroatoms. The Balaban J connectivity index is 0. The number of ether oxygens (including phenoxy) is 2. The van der Waals surface area contributed by atoms with Gasteiger partial charge in [-0.2, -0.15) is 8.42 Å². The van der Waals surface area contributed by atoms with Crippen LogP contribution in [0.4, 0.5) is 0 Å². The average Bonchev–Trinajstić information content (AvgIpc) is 3.23. The number of rotatable bonds is 51. The molecule has 2 unspecified atom stereocenters. The van der Waals surface area contributed by atoms with Crippen molar-refractivity contribution in [3.63, 3.8) is 0 Å². The number of aliphatic hydroxyl groups excluding tert-OH is 2. The Labute approximate surface area is 394 Å². The topological polar surface area (TPSA) is 113 Å². The molecule has 0 aromatic carbocycles. The fourth-order valence-corrected chi connectivity index (χ4v) is 8.77. The fraction of sp³-hybridized carbons (Fsp3) is 1.00. The Kier molecular flexibility index (Phi) is 51.0. The first-order valence-corrected chi connectivity index (χ1v) is 29.3. The lowest BCUT2D eigenvalue weighted by Crippen LogP contribution is -2.49. The van der Waals surface area contributed by atoms with Crippen LogP contribution >= 0.6 is 0 Å². The molecule has 2 atom stereocenters. The van der Waals surface area contributed by atoms with Crippen LogP contribution in [-0.2, 0) is 19.6 Å². The third kappa shape index (κ3) is 55.9. The van der Waals surface area contributed by atoms with Crippen LogP contribution in [0.3, 0.4) is 0 Å². The summed E-state index contributed by atoms with van der Waals surface area (Å²) in [4.78, 5) is 0. The van der Waals surface area contributed by atoms with Crippen molar-refractivity contribution < 1.29 is 41.6 Å². The van der Waals surface area contributed by atoms with E-state index < -0.39 is 10.1 Å². The molecule has 0 saturated carbocycles. The van der Waals surface area contributed by atoms with Crippen LogP contribution in [0, 0.1) is 0 Å². The average molecular weight is 924 g/mol. The zero-order valence-electron chi connectivity index (χ0n) is 43.2. The van der Waals surface area contributed by atoms with Gasteiger partial charge in [0.2, 0.25) is 0 Å². The van der Waals surface area contributed by atoms with Crippen LogP contribution in [0.15, 0.2) is 0 Å². The van der Waals surface area contributed by atoms with E-state index in [2.05, 4.69) is 27.9 Å².